The second-order valence-electron chi connectivity index (χ2n) is 8.27. The molecule has 3 aromatic rings. The van der Waals surface area contributed by atoms with Crippen LogP contribution in [0.3, 0.4) is 0 Å². The molecule has 1 aliphatic carbocycles. The van der Waals surface area contributed by atoms with Gasteiger partial charge in [-0.25, -0.2) is 15.0 Å². The Labute approximate surface area is 195 Å². The van der Waals surface area contributed by atoms with Crippen molar-refractivity contribution < 1.29 is 14.4 Å². The Balaban J connectivity index is 1.43. The first kappa shape index (κ1) is 21.4. The summed E-state index contributed by atoms with van der Waals surface area (Å²) in [6.07, 6.45) is 4.64. The van der Waals surface area contributed by atoms with Crippen LogP contribution < -0.4 is 16.0 Å². The Morgan fingerprint density at radius 2 is 1.68 bits per heavy atom. The van der Waals surface area contributed by atoms with E-state index in [9.17, 15) is 14.4 Å². The number of hydrogen-bond donors (Lipinski definition) is 3. The first-order valence-corrected chi connectivity index (χ1v) is 11.0. The number of para-hydroxylation sites is 1. The minimum Gasteiger partial charge on any atom is -0.338 e. The number of hydrogen-bond acceptors (Lipinski definition) is 6. The second-order valence-corrected chi connectivity index (χ2v) is 8.27. The number of benzodiazepines with no additional fused rings is 1. The maximum atomic E-state index is 13.3. The molecule has 2 aliphatic rings. The van der Waals surface area contributed by atoms with Crippen LogP contribution in [-0.2, 0) is 9.59 Å². The molecule has 9 heteroatoms. The molecule has 1 unspecified atom stereocenters. The number of nitrogens with zero attached hydrogens (tertiary/aromatic N) is 3. The van der Waals surface area contributed by atoms with Crippen LogP contribution in [0.4, 0.5) is 5.69 Å². The van der Waals surface area contributed by atoms with Crippen molar-refractivity contribution >= 4 is 29.1 Å². The molecule has 1 atom stereocenters. The van der Waals surface area contributed by atoms with Gasteiger partial charge in [0.1, 0.15) is 11.9 Å². The third-order valence-corrected chi connectivity index (χ3v) is 6.08. The maximum absolute atomic E-state index is 13.3. The molecular formula is C25H22N6O3. The number of anilines is 1. The van der Waals surface area contributed by atoms with E-state index < -0.39 is 29.4 Å². The molecule has 1 saturated carbocycles. The van der Waals surface area contributed by atoms with Crippen molar-refractivity contribution in [1.29, 1.82) is 0 Å². The van der Waals surface area contributed by atoms with Crippen LogP contribution in [-0.4, -0.2) is 45.1 Å². The van der Waals surface area contributed by atoms with Gasteiger partial charge in [0.2, 0.25) is 12.1 Å². The molecule has 170 valence electrons. The molecule has 2 heterocycles. The van der Waals surface area contributed by atoms with E-state index in [1.54, 1.807) is 6.07 Å². The lowest BCUT2D eigenvalue weighted by atomic mass is 9.75. The predicted molar refractivity (Wildman–Crippen MR) is 125 cm³/mol. The van der Waals surface area contributed by atoms with Crippen LogP contribution in [0.25, 0.3) is 0 Å². The van der Waals surface area contributed by atoms with Crippen molar-refractivity contribution in [2.45, 2.75) is 31.0 Å². The van der Waals surface area contributed by atoms with E-state index >= 15 is 0 Å². The molecule has 0 bridgehead atoms. The predicted octanol–water partition coefficient (Wildman–Crippen LogP) is 2.06. The van der Waals surface area contributed by atoms with Crippen LogP contribution in [0.2, 0.25) is 0 Å². The fourth-order valence-corrected chi connectivity index (χ4v) is 4.09. The Kier molecular flexibility index (Phi) is 5.59. The smallest absolute Gasteiger partial charge is 0.269 e. The number of nitrogens with one attached hydrogen (secondary N) is 3. The molecule has 0 saturated heterocycles. The summed E-state index contributed by atoms with van der Waals surface area (Å²) in [7, 11) is 0. The van der Waals surface area contributed by atoms with Gasteiger partial charge in [-0.15, -0.1) is 0 Å². The number of rotatable bonds is 5. The fraction of sp³-hybridized carbons (Fsp3) is 0.200. The minimum atomic E-state index is -1.16. The molecule has 34 heavy (non-hydrogen) atoms. The third kappa shape index (κ3) is 4.03. The summed E-state index contributed by atoms with van der Waals surface area (Å²) in [6, 6.07) is 16.9. The number of aromatic nitrogens is 2. The van der Waals surface area contributed by atoms with Crippen molar-refractivity contribution in [3.8, 4) is 0 Å². The Bertz CT molecular complexity index is 1270. The van der Waals surface area contributed by atoms with E-state index in [1.807, 2.05) is 48.5 Å². The van der Waals surface area contributed by atoms with Gasteiger partial charge in [0, 0.05) is 23.5 Å². The molecular weight excluding hydrogens is 432 g/mol. The van der Waals surface area contributed by atoms with Crippen LogP contribution in [0.15, 0.2) is 78.3 Å². The maximum Gasteiger partial charge on any atom is 0.269 e. The Morgan fingerprint density at radius 1 is 0.971 bits per heavy atom. The van der Waals surface area contributed by atoms with Gasteiger partial charge in [-0.05, 0) is 25.3 Å². The van der Waals surface area contributed by atoms with Crippen molar-refractivity contribution in [2.24, 2.45) is 4.99 Å². The number of amides is 3. The molecule has 5 rings (SSSR count). The zero-order chi connectivity index (χ0) is 23.5. The highest BCUT2D eigenvalue weighted by atomic mass is 16.2. The third-order valence-electron chi connectivity index (χ3n) is 6.08. The normalized spacial score (nSPS) is 18.3. The van der Waals surface area contributed by atoms with Crippen molar-refractivity contribution in [2.75, 3.05) is 5.32 Å². The van der Waals surface area contributed by atoms with E-state index in [4.69, 9.17) is 0 Å². The molecule has 1 fully saturated rings. The van der Waals surface area contributed by atoms with Gasteiger partial charge >= 0.3 is 0 Å². The number of aliphatic imine (C=N–C) groups is 1. The highest BCUT2D eigenvalue weighted by Gasteiger charge is 2.47. The minimum absolute atomic E-state index is 0.258. The van der Waals surface area contributed by atoms with Gasteiger partial charge in [-0.2, -0.15) is 0 Å². The van der Waals surface area contributed by atoms with Gasteiger partial charge in [0.25, 0.3) is 11.8 Å². The van der Waals surface area contributed by atoms with Gasteiger partial charge in [-0.3, -0.25) is 14.4 Å². The highest BCUT2D eigenvalue weighted by molar-refractivity contribution is 6.20. The van der Waals surface area contributed by atoms with Crippen molar-refractivity contribution in [3.63, 3.8) is 0 Å². The van der Waals surface area contributed by atoms with E-state index in [-0.39, 0.29) is 5.56 Å². The lowest BCUT2D eigenvalue weighted by Crippen LogP contribution is -2.64. The van der Waals surface area contributed by atoms with Crippen LogP contribution in [0.5, 0.6) is 0 Å². The zero-order valence-electron chi connectivity index (χ0n) is 18.2. The fourth-order valence-electron chi connectivity index (χ4n) is 4.09. The van der Waals surface area contributed by atoms with Crippen molar-refractivity contribution in [1.82, 2.24) is 20.6 Å². The molecule has 0 spiro atoms. The Hall–Kier alpha value is -4.40. The van der Waals surface area contributed by atoms with Crippen LogP contribution in [0.1, 0.15) is 40.7 Å². The lowest BCUT2D eigenvalue weighted by Gasteiger charge is -2.41. The molecule has 0 radical (unpaired) electrons. The summed E-state index contributed by atoms with van der Waals surface area (Å²) >= 11 is 0. The zero-order valence-corrected chi connectivity index (χ0v) is 18.2. The number of carbonyl (C=O) groups excluding carboxylic acids is 3. The second kappa shape index (κ2) is 8.86. The van der Waals surface area contributed by atoms with E-state index in [0.29, 0.717) is 24.2 Å². The summed E-state index contributed by atoms with van der Waals surface area (Å²) in [5.74, 6) is -1.35. The number of benzene rings is 2. The van der Waals surface area contributed by atoms with E-state index in [2.05, 4.69) is 30.9 Å². The van der Waals surface area contributed by atoms with Crippen LogP contribution >= 0.6 is 0 Å². The molecule has 9 nitrogen and oxygen atoms in total. The summed E-state index contributed by atoms with van der Waals surface area (Å²) in [5.41, 5.74) is 1.93. The molecule has 1 aromatic heterocycles. The van der Waals surface area contributed by atoms with E-state index in [0.717, 1.165) is 17.5 Å². The highest BCUT2D eigenvalue weighted by Crippen LogP contribution is 2.33. The van der Waals surface area contributed by atoms with Gasteiger partial charge in [0.15, 0.2) is 0 Å². The number of carbonyl (C=O) groups is 3. The lowest BCUT2D eigenvalue weighted by molar-refractivity contribution is -0.133. The standard InChI is InChI=1S/C25H22N6O3/c32-22(17-13-26-15-27-14-17)31-25(11-6-12-25)24(34)30-21-23(33)28-19-10-5-4-9-18(19)20(29-21)16-7-2-1-3-8-16/h1-5,7-10,13-15,21H,6,11-12H2,(H,28,33)(H,30,34)(H,31,32). The summed E-state index contributed by atoms with van der Waals surface area (Å²) in [4.78, 5) is 51.4. The average molecular weight is 454 g/mol. The molecule has 1 aliphatic heterocycles. The topological polar surface area (TPSA) is 125 Å². The molecule has 2 aromatic carbocycles. The SMILES string of the molecule is O=C(NC1(C(=O)NC2N=C(c3ccccc3)c3ccccc3NC2=O)CCC1)c1cncnc1. The quantitative estimate of drug-likeness (QED) is 0.544. The van der Waals surface area contributed by atoms with Crippen molar-refractivity contribution in [3.05, 3.63) is 90.0 Å². The number of fused-ring (bicyclic) bond motifs is 1. The first-order chi connectivity index (χ1) is 16.6. The van der Waals surface area contributed by atoms with Gasteiger partial charge in [-0.1, -0.05) is 48.5 Å². The first-order valence-electron chi connectivity index (χ1n) is 11.0. The molecule has 3 amide bonds. The Morgan fingerprint density at radius 3 is 2.38 bits per heavy atom. The summed E-state index contributed by atoms with van der Waals surface area (Å²) in [6.45, 7) is 0. The molecule has 3 N–H and O–H groups in total. The van der Waals surface area contributed by atoms with Crippen LogP contribution in [0, 0.1) is 0 Å². The summed E-state index contributed by atoms with van der Waals surface area (Å²) in [5, 5.41) is 8.43. The van der Waals surface area contributed by atoms with E-state index in [1.165, 1.54) is 18.7 Å². The van der Waals surface area contributed by atoms with Gasteiger partial charge < -0.3 is 16.0 Å². The largest absolute Gasteiger partial charge is 0.338 e. The summed E-state index contributed by atoms with van der Waals surface area (Å²) < 4.78 is 0. The van der Waals surface area contributed by atoms with Gasteiger partial charge in [0.05, 0.1) is 17.0 Å². The average Bonchev–Trinajstić information content (AvgIpc) is 2.98. The monoisotopic (exact) mass is 454 g/mol.